The number of hydrogen-bond acceptors (Lipinski definition) is 3. The molecule has 1 N–H and O–H groups in total. The predicted molar refractivity (Wildman–Crippen MR) is 94.9 cm³/mol. The Morgan fingerprint density at radius 1 is 0.952 bits per heavy atom. The van der Waals surface area contributed by atoms with Gasteiger partial charge in [0.05, 0.1) is 0 Å². The van der Waals surface area contributed by atoms with E-state index in [1.807, 2.05) is 25.8 Å². The van der Waals surface area contributed by atoms with E-state index in [-0.39, 0.29) is 0 Å². The third-order valence-corrected chi connectivity index (χ3v) is 4.80. The van der Waals surface area contributed by atoms with Gasteiger partial charge in [-0.25, -0.2) is 4.31 Å². The minimum absolute atomic E-state index is 1.09. The fraction of sp³-hybridized carbons (Fsp3) is 0.444. The molecule has 0 spiro atoms. The number of nitrogens with zero attached hydrogens (tertiary/aromatic N) is 1. The Kier molecular flexibility index (Phi) is 6.55. The lowest BCUT2D eigenvalue weighted by Gasteiger charge is -2.19. The first-order valence-corrected chi connectivity index (χ1v) is 8.74. The molecule has 2 aromatic rings. The van der Waals surface area contributed by atoms with E-state index < -0.39 is 0 Å². The summed E-state index contributed by atoms with van der Waals surface area (Å²) in [6, 6.07) is 13.2. The van der Waals surface area contributed by atoms with E-state index >= 15 is 0 Å². The minimum atomic E-state index is 1.09. The summed E-state index contributed by atoms with van der Waals surface area (Å²) in [5, 5.41) is 6.21. The molecular formula is C18H26N2S. The van der Waals surface area contributed by atoms with Crippen LogP contribution in [0, 0.1) is 6.92 Å². The fourth-order valence-corrected chi connectivity index (χ4v) is 3.67. The largest absolute Gasteiger partial charge is 0.315 e. The van der Waals surface area contributed by atoms with Gasteiger partial charge in [-0.2, -0.15) is 0 Å². The molecule has 0 bridgehead atoms. The van der Waals surface area contributed by atoms with E-state index in [2.05, 4.69) is 52.9 Å². The van der Waals surface area contributed by atoms with E-state index in [0.717, 1.165) is 19.6 Å². The van der Waals surface area contributed by atoms with Crippen LogP contribution in [0.25, 0.3) is 10.8 Å². The smallest absolute Gasteiger partial charge is 0.0308 e. The molecule has 2 nitrogen and oxygen atoms in total. The lowest BCUT2D eigenvalue weighted by Crippen LogP contribution is -2.22. The van der Waals surface area contributed by atoms with Crippen LogP contribution in [0.1, 0.15) is 25.8 Å². The summed E-state index contributed by atoms with van der Waals surface area (Å²) >= 11 is 1.91. The highest BCUT2D eigenvalue weighted by Crippen LogP contribution is 2.31. The zero-order chi connectivity index (χ0) is 15.1. The average molecular weight is 302 g/mol. The van der Waals surface area contributed by atoms with E-state index in [1.54, 1.807) is 0 Å². The van der Waals surface area contributed by atoms with Crippen molar-refractivity contribution in [1.82, 2.24) is 9.62 Å². The number of fused-ring (bicyclic) bond motifs is 1. The Hall–Kier alpha value is -1.03. The van der Waals surface area contributed by atoms with Crippen molar-refractivity contribution < 1.29 is 0 Å². The van der Waals surface area contributed by atoms with Gasteiger partial charge in [-0.15, -0.1) is 0 Å². The number of nitrogens with one attached hydrogen (secondary N) is 1. The Labute approximate surface area is 133 Å². The van der Waals surface area contributed by atoms with Crippen molar-refractivity contribution in [2.75, 3.05) is 26.2 Å². The summed E-state index contributed by atoms with van der Waals surface area (Å²) in [4.78, 5) is 1.38. The van der Waals surface area contributed by atoms with Crippen LogP contribution in [0.4, 0.5) is 0 Å². The van der Waals surface area contributed by atoms with Crippen molar-refractivity contribution in [3.05, 3.63) is 42.0 Å². The van der Waals surface area contributed by atoms with Gasteiger partial charge in [-0.1, -0.05) is 44.2 Å². The monoisotopic (exact) mass is 302 g/mol. The van der Waals surface area contributed by atoms with Crippen LogP contribution in [0.5, 0.6) is 0 Å². The minimum Gasteiger partial charge on any atom is -0.315 e. The third-order valence-electron chi connectivity index (χ3n) is 3.63. The summed E-state index contributed by atoms with van der Waals surface area (Å²) < 4.78 is 2.48. The Balaban J connectivity index is 0.000000774. The first-order valence-electron chi connectivity index (χ1n) is 7.96. The van der Waals surface area contributed by atoms with Gasteiger partial charge < -0.3 is 5.32 Å². The van der Waals surface area contributed by atoms with E-state index in [9.17, 15) is 0 Å². The molecule has 21 heavy (non-hydrogen) atoms. The van der Waals surface area contributed by atoms with E-state index in [1.165, 1.54) is 34.2 Å². The SMILES string of the molecule is CC.Cc1cccc2c(SN3CCCNCC3)cccc12. The molecule has 3 rings (SSSR count). The van der Waals surface area contributed by atoms with Crippen molar-refractivity contribution in [2.24, 2.45) is 0 Å². The lowest BCUT2D eigenvalue weighted by atomic mass is 10.1. The first kappa shape index (κ1) is 16.3. The van der Waals surface area contributed by atoms with Gasteiger partial charge in [0.25, 0.3) is 0 Å². The molecule has 1 aliphatic rings. The van der Waals surface area contributed by atoms with Crippen LogP contribution < -0.4 is 5.32 Å². The van der Waals surface area contributed by atoms with Gasteiger partial charge in [0.15, 0.2) is 0 Å². The molecular weight excluding hydrogens is 276 g/mol. The van der Waals surface area contributed by atoms with Crippen LogP contribution >= 0.6 is 11.9 Å². The second-order valence-electron chi connectivity index (χ2n) is 5.05. The third kappa shape index (κ3) is 4.22. The molecule has 1 heterocycles. The highest BCUT2D eigenvalue weighted by atomic mass is 32.2. The molecule has 0 aliphatic carbocycles. The summed E-state index contributed by atoms with van der Waals surface area (Å²) in [6.07, 6.45) is 1.23. The maximum Gasteiger partial charge on any atom is 0.0308 e. The number of benzene rings is 2. The molecule has 1 saturated heterocycles. The quantitative estimate of drug-likeness (QED) is 0.824. The highest BCUT2D eigenvalue weighted by molar-refractivity contribution is 7.97. The van der Waals surface area contributed by atoms with Crippen molar-refractivity contribution in [1.29, 1.82) is 0 Å². The van der Waals surface area contributed by atoms with Crippen LogP contribution in [-0.4, -0.2) is 30.5 Å². The summed E-state index contributed by atoms with van der Waals surface area (Å²) in [5.74, 6) is 0. The van der Waals surface area contributed by atoms with Crippen molar-refractivity contribution in [2.45, 2.75) is 32.1 Å². The van der Waals surface area contributed by atoms with Crippen LogP contribution in [-0.2, 0) is 0 Å². The number of aryl methyl sites for hydroxylation is 1. The van der Waals surface area contributed by atoms with Gasteiger partial charge in [0.1, 0.15) is 0 Å². The molecule has 0 aromatic heterocycles. The molecule has 1 fully saturated rings. The number of rotatable bonds is 2. The van der Waals surface area contributed by atoms with E-state index in [0.29, 0.717) is 0 Å². The lowest BCUT2D eigenvalue weighted by molar-refractivity contribution is 0.502. The predicted octanol–water partition coefficient (Wildman–Crippen LogP) is 4.48. The van der Waals surface area contributed by atoms with E-state index in [4.69, 9.17) is 0 Å². The molecule has 2 aromatic carbocycles. The second-order valence-corrected chi connectivity index (χ2v) is 6.19. The topological polar surface area (TPSA) is 15.3 Å². The van der Waals surface area contributed by atoms with Gasteiger partial charge >= 0.3 is 0 Å². The summed E-state index contributed by atoms with van der Waals surface area (Å²) in [6.45, 7) is 10.7. The first-order chi connectivity index (χ1) is 10.3. The van der Waals surface area contributed by atoms with Crippen LogP contribution in [0.3, 0.4) is 0 Å². The van der Waals surface area contributed by atoms with Crippen molar-refractivity contribution >= 4 is 22.7 Å². The Morgan fingerprint density at radius 3 is 2.57 bits per heavy atom. The van der Waals surface area contributed by atoms with Crippen LogP contribution in [0.15, 0.2) is 41.3 Å². The van der Waals surface area contributed by atoms with Gasteiger partial charge in [-0.05, 0) is 54.2 Å². The molecule has 0 saturated carbocycles. The Bertz CT molecular complexity index is 560. The molecule has 3 heteroatoms. The Morgan fingerprint density at radius 2 is 1.71 bits per heavy atom. The number of hydrogen-bond donors (Lipinski definition) is 1. The average Bonchev–Trinajstić information content (AvgIpc) is 2.79. The summed E-state index contributed by atoms with van der Waals surface area (Å²) in [5.41, 5.74) is 1.36. The normalized spacial score (nSPS) is 16.1. The maximum atomic E-state index is 3.45. The molecule has 0 atom stereocenters. The van der Waals surface area contributed by atoms with Crippen molar-refractivity contribution in [3.63, 3.8) is 0 Å². The van der Waals surface area contributed by atoms with Gasteiger partial charge in [0.2, 0.25) is 0 Å². The summed E-state index contributed by atoms with van der Waals surface area (Å²) in [7, 11) is 0. The molecule has 0 amide bonds. The zero-order valence-electron chi connectivity index (χ0n) is 13.4. The van der Waals surface area contributed by atoms with Gasteiger partial charge in [0, 0.05) is 24.5 Å². The standard InChI is InChI=1S/C16H20N2S.C2H6/c1-13-5-2-7-15-14(13)6-3-8-16(15)19-18-11-4-9-17-10-12-18;1-2/h2-3,5-8,17H,4,9-12H2,1H3;1-2H3. The zero-order valence-corrected chi connectivity index (χ0v) is 14.2. The maximum absolute atomic E-state index is 3.45. The fourth-order valence-electron chi connectivity index (χ4n) is 2.57. The highest BCUT2D eigenvalue weighted by Gasteiger charge is 2.11. The van der Waals surface area contributed by atoms with Crippen LogP contribution in [0.2, 0.25) is 0 Å². The molecule has 1 aliphatic heterocycles. The molecule has 114 valence electrons. The van der Waals surface area contributed by atoms with Crippen molar-refractivity contribution in [3.8, 4) is 0 Å². The second kappa shape index (κ2) is 8.42. The molecule has 0 radical (unpaired) electrons. The van der Waals surface area contributed by atoms with Gasteiger partial charge in [-0.3, -0.25) is 0 Å². The molecule has 0 unspecified atom stereocenters.